The maximum Gasteiger partial charge on any atom is 0.323 e. The number of carbonyl (C=O) groups is 2. The molecule has 0 spiro atoms. The van der Waals surface area contributed by atoms with Gasteiger partial charge >= 0.3 is 6.03 Å². The van der Waals surface area contributed by atoms with Crippen LogP contribution in [0.4, 0.5) is 26.2 Å². The molecule has 0 radical (unpaired) electrons. The summed E-state index contributed by atoms with van der Waals surface area (Å²) in [5.74, 6) is 0.116. The Hall–Kier alpha value is -3.87. The molecule has 3 aromatic rings. The van der Waals surface area contributed by atoms with Gasteiger partial charge in [0.15, 0.2) is 0 Å². The van der Waals surface area contributed by atoms with E-state index in [0.29, 0.717) is 17.2 Å². The van der Waals surface area contributed by atoms with E-state index in [1.54, 1.807) is 18.2 Å². The molecule has 2 aliphatic heterocycles. The summed E-state index contributed by atoms with van der Waals surface area (Å²) in [5, 5.41) is 5.30. The highest BCUT2D eigenvalue weighted by Crippen LogP contribution is 2.31. The number of para-hydroxylation sites is 1. The summed E-state index contributed by atoms with van der Waals surface area (Å²) < 4.78 is 13.9. The number of nitrogens with zero attached hydrogens (tertiary/aromatic N) is 2. The third-order valence-corrected chi connectivity index (χ3v) is 7.32. The van der Waals surface area contributed by atoms with Gasteiger partial charge in [0.1, 0.15) is 5.82 Å². The summed E-state index contributed by atoms with van der Waals surface area (Å²) in [6.45, 7) is 3.28. The maximum absolute atomic E-state index is 13.9. The number of amides is 3. The van der Waals surface area contributed by atoms with Crippen LogP contribution < -0.4 is 15.5 Å². The molecule has 0 saturated carbocycles. The van der Waals surface area contributed by atoms with Gasteiger partial charge in [-0.3, -0.25) is 4.79 Å². The molecule has 2 saturated heterocycles. The summed E-state index contributed by atoms with van der Waals surface area (Å²) in [6, 6.07) is 21.6. The first-order chi connectivity index (χ1) is 18.1. The van der Waals surface area contributed by atoms with Crippen molar-refractivity contribution in [1.29, 1.82) is 0 Å². The van der Waals surface area contributed by atoms with Crippen molar-refractivity contribution in [3.05, 3.63) is 89.7 Å². The predicted molar refractivity (Wildman–Crippen MR) is 146 cm³/mol. The van der Waals surface area contributed by atoms with Gasteiger partial charge in [0.25, 0.3) is 5.91 Å². The van der Waals surface area contributed by atoms with Crippen LogP contribution in [0.5, 0.6) is 0 Å². The summed E-state index contributed by atoms with van der Waals surface area (Å²) in [7, 11) is 0. The number of urea groups is 1. The topological polar surface area (TPSA) is 64.7 Å². The summed E-state index contributed by atoms with van der Waals surface area (Å²) >= 11 is 0. The van der Waals surface area contributed by atoms with E-state index in [0.717, 1.165) is 64.0 Å². The standard InChI is InChI=1S/C30H33FN4O2/c31-26-10-4-5-11-27(26)33-30(37)32-24-12-13-28(25(21-24)29(36)35-16-6-7-17-35)34-18-14-23(15-19-34)20-22-8-2-1-3-9-22/h1-5,8-13,21,23H,6-7,14-20H2,(H2,32,33,37). The number of carbonyl (C=O) groups excluding carboxylic acids is 2. The molecule has 3 amide bonds. The highest BCUT2D eigenvalue weighted by atomic mass is 19.1. The first kappa shape index (κ1) is 24.8. The molecule has 37 heavy (non-hydrogen) atoms. The Bertz CT molecular complexity index is 1240. The fraction of sp³-hybridized carbons (Fsp3) is 0.333. The van der Waals surface area contributed by atoms with Crippen molar-refractivity contribution < 1.29 is 14.0 Å². The molecule has 7 heteroatoms. The molecular formula is C30H33FN4O2. The highest BCUT2D eigenvalue weighted by molar-refractivity contribution is 6.04. The number of benzene rings is 3. The van der Waals surface area contributed by atoms with Gasteiger partial charge in [0.2, 0.25) is 0 Å². The average Bonchev–Trinajstić information content (AvgIpc) is 3.46. The normalized spacial score (nSPS) is 16.0. The Labute approximate surface area is 217 Å². The van der Waals surface area contributed by atoms with Gasteiger partial charge in [0.05, 0.1) is 11.3 Å². The lowest BCUT2D eigenvalue weighted by atomic mass is 9.89. The van der Waals surface area contributed by atoms with Crippen LogP contribution in [0.3, 0.4) is 0 Å². The number of anilines is 3. The van der Waals surface area contributed by atoms with E-state index in [1.165, 1.54) is 17.7 Å². The Morgan fingerprint density at radius 2 is 1.54 bits per heavy atom. The van der Waals surface area contributed by atoms with Crippen molar-refractivity contribution in [1.82, 2.24) is 4.90 Å². The van der Waals surface area contributed by atoms with Crippen molar-refractivity contribution in [2.75, 3.05) is 41.7 Å². The summed E-state index contributed by atoms with van der Waals surface area (Å²) in [6.07, 6.45) is 5.23. The van der Waals surface area contributed by atoms with Crippen molar-refractivity contribution >= 4 is 29.0 Å². The molecule has 0 aromatic heterocycles. The number of piperidine rings is 1. The Kier molecular flexibility index (Phi) is 7.68. The quantitative estimate of drug-likeness (QED) is 0.426. The fourth-order valence-corrected chi connectivity index (χ4v) is 5.32. The average molecular weight is 501 g/mol. The summed E-state index contributed by atoms with van der Waals surface area (Å²) in [4.78, 5) is 30.3. The third kappa shape index (κ3) is 6.10. The Morgan fingerprint density at radius 1 is 0.838 bits per heavy atom. The second-order valence-corrected chi connectivity index (χ2v) is 9.91. The Morgan fingerprint density at radius 3 is 2.27 bits per heavy atom. The van der Waals surface area contributed by atoms with Crippen molar-refractivity contribution in [2.24, 2.45) is 5.92 Å². The molecule has 2 N–H and O–H groups in total. The molecule has 2 heterocycles. The van der Waals surface area contributed by atoms with Crippen LogP contribution in [0.1, 0.15) is 41.6 Å². The predicted octanol–water partition coefficient (Wildman–Crippen LogP) is 6.16. The minimum atomic E-state index is -0.556. The SMILES string of the molecule is O=C(Nc1ccc(N2CCC(Cc3ccccc3)CC2)c(C(=O)N2CCCC2)c1)Nc1ccccc1F. The monoisotopic (exact) mass is 500 g/mol. The fourth-order valence-electron chi connectivity index (χ4n) is 5.32. The smallest absolute Gasteiger partial charge is 0.323 e. The van der Waals surface area contributed by atoms with Crippen LogP contribution in [0, 0.1) is 11.7 Å². The molecule has 2 fully saturated rings. The van der Waals surface area contributed by atoms with Crippen molar-refractivity contribution in [2.45, 2.75) is 32.1 Å². The molecule has 6 nitrogen and oxygen atoms in total. The lowest BCUT2D eigenvalue weighted by Crippen LogP contribution is -2.36. The minimum Gasteiger partial charge on any atom is -0.371 e. The van der Waals surface area contributed by atoms with E-state index in [-0.39, 0.29) is 11.6 Å². The van der Waals surface area contributed by atoms with Crippen LogP contribution in [0.25, 0.3) is 0 Å². The van der Waals surface area contributed by atoms with E-state index >= 15 is 0 Å². The number of hydrogen-bond donors (Lipinski definition) is 2. The van der Waals surface area contributed by atoms with E-state index < -0.39 is 11.8 Å². The third-order valence-electron chi connectivity index (χ3n) is 7.32. The first-order valence-corrected chi connectivity index (χ1v) is 13.1. The molecule has 0 bridgehead atoms. The van der Waals surface area contributed by atoms with Crippen LogP contribution in [-0.4, -0.2) is 43.0 Å². The lowest BCUT2D eigenvalue weighted by molar-refractivity contribution is 0.0793. The number of rotatable bonds is 6. The van der Waals surface area contributed by atoms with Crippen LogP contribution in [0.15, 0.2) is 72.8 Å². The summed E-state index contributed by atoms with van der Waals surface area (Å²) in [5.41, 5.74) is 3.49. The van der Waals surface area contributed by atoms with E-state index in [1.807, 2.05) is 23.1 Å². The van der Waals surface area contributed by atoms with Gasteiger partial charge < -0.3 is 20.4 Å². The Balaban J connectivity index is 1.31. The van der Waals surface area contributed by atoms with Crippen LogP contribution in [-0.2, 0) is 6.42 Å². The highest BCUT2D eigenvalue weighted by Gasteiger charge is 2.27. The van der Waals surface area contributed by atoms with Gasteiger partial charge in [0, 0.05) is 37.6 Å². The number of nitrogens with one attached hydrogen (secondary N) is 2. The number of hydrogen-bond acceptors (Lipinski definition) is 3. The zero-order chi connectivity index (χ0) is 25.6. The van der Waals surface area contributed by atoms with Crippen LogP contribution >= 0.6 is 0 Å². The van der Waals surface area contributed by atoms with E-state index in [4.69, 9.17) is 0 Å². The molecule has 192 valence electrons. The van der Waals surface area contributed by atoms with Gasteiger partial charge in [-0.15, -0.1) is 0 Å². The lowest BCUT2D eigenvalue weighted by Gasteiger charge is -2.35. The second-order valence-electron chi connectivity index (χ2n) is 9.91. The van der Waals surface area contributed by atoms with Crippen molar-refractivity contribution in [3.8, 4) is 0 Å². The molecule has 0 aliphatic carbocycles. The number of likely N-dealkylation sites (tertiary alicyclic amines) is 1. The number of halogens is 1. The van der Waals surface area contributed by atoms with E-state index in [2.05, 4.69) is 39.8 Å². The van der Waals surface area contributed by atoms with Crippen molar-refractivity contribution in [3.63, 3.8) is 0 Å². The van der Waals surface area contributed by atoms with Gasteiger partial charge in [-0.1, -0.05) is 42.5 Å². The second kappa shape index (κ2) is 11.5. The largest absolute Gasteiger partial charge is 0.371 e. The molecule has 0 unspecified atom stereocenters. The van der Waals surface area contributed by atoms with Crippen LogP contribution in [0.2, 0.25) is 0 Å². The van der Waals surface area contributed by atoms with Gasteiger partial charge in [-0.25, -0.2) is 9.18 Å². The first-order valence-electron chi connectivity index (χ1n) is 13.1. The minimum absolute atomic E-state index is 0.00271. The maximum atomic E-state index is 13.9. The van der Waals surface area contributed by atoms with Gasteiger partial charge in [-0.05, 0) is 73.9 Å². The molecule has 0 atom stereocenters. The van der Waals surface area contributed by atoms with Gasteiger partial charge in [-0.2, -0.15) is 0 Å². The zero-order valence-corrected chi connectivity index (χ0v) is 21.0. The molecular weight excluding hydrogens is 467 g/mol. The molecule has 2 aliphatic rings. The molecule has 5 rings (SSSR count). The molecule has 3 aromatic carbocycles. The van der Waals surface area contributed by atoms with E-state index in [9.17, 15) is 14.0 Å². The zero-order valence-electron chi connectivity index (χ0n) is 21.0.